The van der Waals surface area contributed by atoms with Gasteiger partial charge in [-0.05, 0) is 47.0 Å². The van der Waals surface area contributed by atoms with Crippen LogP contribution in [0.15, 0.2) is 4.99 Å². The van der Waals surface area contributed by atoms with Crippen LogP contribution in [0.2, 0.25) is 0 Å². The Bertz CT molecular complexity index is 360. The summed E-state index contributed by atoms with van der Waals surface area (Å²) in [5.74, 6) is 0.950. The summed E-state index contributed by atoms with van der Waals surface area (Å²) in [6.45, 7) is 15.8. The van der Waals surface area contributed by atoms with Crippen molar-refractivity contribution in [2.45, 2.75) is 66.5 Å². The average Bonchev–Trinajstić information content (AvgIpc) is 2.33. The van der Waals surface area contributed by atoms with Crippen molar-refractivity contribution in [1.82, 2.24) is 10.2 Å². The van der Waals surface area contributed by atoms with Gasteiger partial charge in [-0.2, -0.15) is 0 Å². The number of nitrogens with one attached hydrogen (secondary N) is 1. The van der Waals surface area contributed by atoms with Crippen molar-refractivity contribution >= 4 is 12.1 Å². The van der Waals surface area contributed by atoms with Gasteiger partial charge >= 0.3 is 6.09 Å². The lowest BCUT2D eigenvalue weighted by Crippen LogP contribution is -2.42. The quantitative estimate of drug-likeness (QED) is 0.430. The largest absolute Gasteiger partial charge is 0.444 e. The average molecular weight is 314 g/mol. The van der Waals surface area contributed by atoms with Gasteiger partial charge in [-0.15, -0.1) is 0 Å². The molecule has 1 amide bonds. The third-order valence-electron chi connectivity index (χ3n) is 2.76. The lowest BCUT2D eigenvalue weighted by Gasteiger charge is -2.30. The maximum Gasteiger partial charge on any atom is 0.410 e. The third-order valence-corrected chi connectivity index (χ3v) is 2.76. The van der Waals surface area contributed by atoms with Crippen LogP contribution < -0.4 is 11.1 Å². The third kappa shape index (κ3) is 10.3. The Morgan fingerprint density at radius 1 is 1.27 bits per heavy atom. The van der Waals surface area contributed by atoms with Gasteiger partial charge in [0.2, 0.25) is 0 Å². The molecular formula is C16H34N4O2. The van der Waals surface area contributed by atoms with Crippen molar-refractivity contribution in [3.05, 3.63) is 0 Å². The minimum absolute atomic E-state index is 0.0989. The minimum Gasteiger partial charge on any atom is -0.444 e. The van der Waals surface area contributed by atoms with E-state index < -0.39 is 5.60 Å². The summed E-state index contributed by atoms with van der Waals surface area (Å²) in [7, 11) is 0. The van der Waals surface area contributed by atoms with Crippen LogP contribution in [0.3, 0.4) is 0 Å². The van der Waals surface area contributed by atoms with Crippen LogP contribution in [0.25, 0.3) is 0 Å². The number of carbonyl (C=O) groups is 1. The van der Waals surface area contributed by atoms with E-state index in [0.29, 0.717) is 25.0 Å². The van der Waals surface area contributed by atoms with Crippen LogP contribution in [-0.2, 0) is 4.74 Å². The first-order valence-electron chi connectivity index (χ1n) is 8.06. The van der Waals surface area contributed by atoms with Crippen molar-refractivity contribution in [3.8, 4) is 0 Å². The summed E-state index contributed by atoms with van der Waals surface area (Å²) < 4.78 is 5.42. The number of hydrogen-bond donors (Lipinski definition) is 2. The molecule has 22 heavy (non-hydrogen) atoms. The number of nitrogens with two attached hydrogens (primary N) is 1. The molecular weight excluding hydrogens is 280 g/mol. The molecule has 0 heterocycles. The van der Waals surface area contributed by atoms with Crippen LogP contribution in [0.1, 0.15) is 54.9 Å². The van der Waals surface area contributed by atoms with Crippen LogP contribution in [0, 0.1) is 5.92 Å². The number of carbonyl (C=O) groups excluding carboxylic acids is 1. The zero-order valence-electron chi connectivity index (χ0n) is 15.3. The number of aliphatic imine (C=N–C) groups is 1. The highest BCUT2D eigenvalue weighted by Crippen LogP contribution is 2.12. The highest BCUT2D eigenvalue weighted by Gasteiger charge is 2.23. The zero-order chi connectivity index (χ0) is 17.3. The highest BCUT2D eigenvalue weighted by molar-refractivity contribution is 5.77. The molecule has 0 saturated carbocycles. The fraction of sp³-hybridized carbons (Fsp3) is 0.875. The summed E-state index contributed by atoms with van der Waals surface area (Å²) in [5.41, 5.74) is 5.30. The molecule has 0 saturated heterocycles. The van der Waals surface area contributed by atoms with Gasteiger partial charge in [0.25, 0.3) is 0 Å². The van der Waals surface area contributed by atoms with E-state index in [9.17, 15) is 4.79 Å². The minimum atomic E-state index is -0.476. The molecule has 0 aliphatic heterocycles. The lowest BCUT2D eigenvalue weighted by atomic mass is 10.2. The summed E-state index contributed by atoms with van der Waals surface area (Å²) in [6.07, 6.45) is 0.513. The molecule has 0 aromatic carbocycles. The van der Waals surface area contributed by atoms with Crippen molar-refractivity contribution in [1.29, 1.82) is 0 Å². The van der Waals surface area contributed by atoms with Gasteiger partial charge in [0, 0.05) is 25.7 Å². The fourth-order valence-corrected chi connectivity index (χ4v) is 1.68. The fourth-order valence-electron chi connectivity index (χ4n) is 1.68. The summed E-state index contributed by atoms with van der Waals surface area (Å²) in [6, 6.07) is 0.0989. The normalized spacial score (nSPS) is 12.7. The summed E-state index contributed by atoms with van der Waals surface area (Å²) >= 11 is 0. The van der Waals surface area contributed by atoms with Crippen molar-refractivity contribution in [3.63, 3.8) is 0 Å². The first-order valence-corrected chi connectivity index (χ1v) is 8.06. The number of amides is 1. The number of rotatable bonds is 7. The molecule has 130 valence electrons. The molecule has 6 nitrogen and oxygen atoms in total. The molecule has 0 fully saturated rings. The SMILES string of the molecule is CC(C)CN=C(N)NCCCN(C(=O)OC(C)(C)C)C(C)C. The molecule has 6 heteroatoms. The molecule has 0 aromatic heterocycles. The Balaban J connectivity index is 4.22. The van der Waals surface area contributed by atoms with Gasteiger partial charge in [-0.1, -0.05) is 13.8 Å². The predicted molar refractivity (Wildman–Crippen MR) is 92.0 cm³/mol. The van der Waals surface area contributed by atoms with E-state index in [4.69, 9.17) is 10.5 Å². The molecule has 0 radical (unpaired) electrons. The molecule has 0 atom stereocenters. The van der Waals surface area contributed by atoms with Gasteiger partial charge in [0.05, 0.1) is 0 Å². The molecule has 0 unspecified atom stereocenters. The Hall–Kier alpha value is -1.46. The van der Waals surface area contributed by atoms with Gasteiger partial charge in [0.1, 0.15) is 5.60 Å². The van der Waals surface area contributed by atoms with Crippen molar-refractivity contribution in [2.24, 2.45) is 16.6 Å². The maximum absolute atomic E-state index is 12.1. The standard InChI is InChI=1S/C16H34N4O2/c1-12(2)11-19-14(17)18-9-8-10-20(13(3)4)15(21)22-16(5,6)7/h12-13H,8-11H2,1-7H3,(H3,17,18,19). The Morgan fingerprint density at radius 2 is 1.86 bits per heavy atom. The molecule has 0 aromatic rings. The number of ether oxygens (including phenoxy) is 1. The molecule has 0 aliphatic rings. The second-order valence-electron chi connectivity index (χ2n) is 7.17. The van der Waals surface area contributed by atoms with Gasteiger partial charge in [-0.3, -0.25) is 4.99 Å². The number of nitrogens with zero attached hydrogens (tertiary/aromatic N) is 2. The smallest absolute Gasteiger partial charge is 0.410 e. The molecule has 0 bridgehead atoms. The van der Waals surface area contributed by atoms with E-state index in [-0.39, 0.29) is 12.1 Å². The Morgan fingerprint density at radius 3 is 2.32 bits per heavy atom. The lowest BCUT2D eigenvalue weighted by molar-refractivity contribution is 0.0190. The first-order chi connectivity index (χ1) is 10.0. The predicted octanol–water partition coefficient (Wildman–Crippen LogP) is 2.58. The highest BCUT2D eigenvalue weighted by atomic mass is 16.6. The number of hydrogen-bond acceptors (Lipinski definition) is 3. The van der Waals surface area contributed by atoms with E-state index in [0.717, 1.165) is 13.0 Å². The van der Waals surface area contributed by atoms with E-state index in [1.165, 1.54) is 0 Å². The molecule has 0 spiro atoms. The summed E-state index contributed by atoms with van der Waals surface area (Å²) in [5, 5.41) is 3.07. The van der Waals surface area contributed by atoms with Crippen LogP contribution in [0.5, 0.6) is 0 Å². The second-order valence-corrected chi connectivity index (χ2v) is 7.17. The van der Waals surface area contributed by atoms with Gasteiger partial charge < -0.3 is 20.7 Å². The van der Waals surface area contributed by atoms with E-state index in [1.54, 1.807) is 4.90 Å². The van der Waals surface area contributed by atoms with E-state index in [1.807, 2.05) is 34.6 Å². The second kappa shape index (κ2) is 9.54. The van der Waals surface area contributed by atoms with Crippen molar-refractivity contribution in [2.75, 3.05) is 19.6 Å². The van der Waals surface area contributed by atoms with E-state index >= 15 is 0 Å². The van der Waals surface area contributed by atoms with Crippen molar-refractivity contribution < 1.29 is 9.53 Å². The maximum atomic E-state index is 12.1. The molecule has 0 rings (SSSR count). The van der Waals surface area contributed by atoms with Crippen LogP contribution in [0.4, 0.5) is 4.79 Å². The Kier molecular flexibility index (Phi) is 8.90. The van der Waals surface area contributed by atoms with Crippen LogP contribution in [-0.4, -0.2) is 48.2 Å². The topological polar surface area (TPSA) is 80.0 Å². The van der Waals surface area contributed by atoms with Crippen LogP contribution >= 0.6 is 0 Å². The monoisotopic (exact) mass is 314 g/mol. The Labute approximate surface area is 135 Å². The first kappa shape index (κ1) is 20.5. The number of guanidine groups is 1. The van der Waals surface area contributed by atoms with E-state index in [2.05, 4.69) is 24.2 Å². The molecule has 0 aliphatic carbocycles. The summed E-state index contributed by atoms with van der Waals surface area (Å²) in [4.78, 5) is 18.1. The zero-order valence-corrected chi connectivity index (χ0v) is 15.3. The molecule has 3 N–H and O–H groups in total. The van der Waals surface area contributed by atoms with Gasteiger partial charge in [-0.25, -0.2) is 4.79 Å². The van der Waals surface area contributed by atoms with Gasteiger partial charge in [0.15, 0.2) is 5.96 Å².